The molecule has 0 aliphatic carbocycles. The summed E-state index contributed by atoms with van der Waals surface area (Å²) < 4.78 is 24.4. The molecule has 1 atom stereocenters. The molecule has 0 amide bonds. The van der Waals surface area contributed by atoms with Gasteiger partial charge in [0.1, 0.15) is 5.58 Å². The SMILES string of the molecule is O=c1ccc2cc(S(=O)O)ccc2o1. The fourth-order valence-corrected chi connectivity index (χ4v) is 1.57. The Kier molecular flexibility index (Phi) is 2.18. The summed E-state index contributed by atoms with van der Waals surface area (Å²) in [6.07, 6.45) is 0. The lowest BCUT2D eigenvalue weighted by Gasteiger charge is -1.97. The van der Waals surface area contributed by atoms with Crippen LogP contribution in [-0.2, 0) is 11.1 Å². The van der Waals surface area contributed by atoms with Crippen molar-refractivity contribution in [2.75, 3.05) is 0 Å². The molecule has 0 fully saturated rings. The molecule has 0 aliphatic rings. The van der Waals surface area contributed by atoms with Crippen molar-refractivity contribution in [3.8, 4) is 0 Å². The van der Waals surface area contributed by atoms with E-state index < -0.39 is 16.7 Å². The highest BCUT2D eigenvalue weighted by Gasteiger charge is 2.02. The van der Waals surface area contributed by atoms with Crippen molar-refractivity contribution in [3.05, 3.63) is 40.8 Å². The summed E-state index contributed by atoms with van der Waals surface area (Å²) in [6.45, 7) is 0. The highest BCUT2D eigenvalue weighted by molar-refractivity contribution is 7.79. The minimum Gasteiger partial charge on any atom is -0.423 e. The first-order valence-electron chi connectivity index (χ1n) is 3.81. The first kappa shape index (κ1) is 9.11. The first-order chi connectivity index (χ1) is 6.66. The minimum atomic E-state index is -2.01. The fraction of sp³-hybridized carbons (Fsp3) is 0. The third kappa shape index (κ3) is 1.59. The van der Waals surface area contributed by atoms with Crippen molar-refractivity contribution >= 4 is 22.0 Å². The van der Waals surface area contributed by atoms with E-state index in [0.29, 0.717) is 11.0 Å². The Balaban J connectivity index is 2.73. The molecule has 2 aromatic rings. The van der Waals surface area contributed by atoms with Gasteiger partial charge in [-0.05, 0) is 24.3 Å². The molecule has 0 aliphatic heterocycles. The average Bonchev–Trinajstić information content (AvgIpc) is 2.16. The molecule has 0 saturated carbocycles. The largest absolute Gasteiger partial charge is 0.423 e. The summed E-state index contributed by atoms with van der Waals surface area (Å²) in [5.41, 5.74) is -0.0259. The Morgan fingerprint density at radius 1 is 1.21 bits per heavy atom. The van der Waals surface area contributed by atoms with Gasteiger partial charge in [-0.3, -0.25) is 0 Å². The third-order valence-corrected chi connectivity index (χ3v) is 2.45. The van der Waals surface area contributed by atoms with Crippen molar-refractivity contribution in [1.82, 2.24) is 0 Å². The van der Waals surface area contributed by atoms with Gasteiger partial charge in [0.05, 0.1) is 4.90 Å². The lowest BCUT2D eigenvalue weighted by atomic mass is 10.2. The second-order valence-corrected chi connectivity index (χ2v) is 3.67. The van der Waals surface area contributed by atoms with Crippen LogP contribution in [0.1, 0.15) is 0 Å². The zero-order valence-electron chi connectivity index (χ0n) is 6.97. The van der Waals surface area contributed by atoms with E-state index in [0.717, 1.165) is 0 Å². The van der Waals surface area contributed by atoms with E-state index in [-0.39, 0.29) is 4.90 Å². The molecule has 1 unspecified atom stereocenters. The van der Waals surface area contributed by atoms with Crippen LogP contribution in [0, 0.1) is 0 Å². The van der Waals surface area contributed by atoms with Crippen LogP contribution in [0.2, 0.25) is 0 Å². The first-order valence-corrected chi connectivity index (χ1v) is 4.92. The lowest BCUT2D eigenvalue weighted by molar-refractivity contribution is 0.559. The standard InChI is InChI=1S/C9H6O4S/c10-9-4-1-6-5-7(14(11)12)2-3-8(6)13-9/h1-5H,(H,11,12). The van der Waals surface area contributed by atoms with E-state index in [4.69, 9.17) is 8.97 Å². The molecular weight excluding hydrogens is 204 g/mol. The topological polar surface area (TPSA) is 67.5 Å². The summed E-state index contributed by atoms with van der Waals surface area (Å²) in [5.74, 6) is 0. The zero-order chi connectivity index (χ0) is 10.1. The molecule has 1 aromatic heterocycles. The van der Waals surface area contributed by atoms with E-state index in [1.54, 1.807) is 6.07 Å². The Labute approximate surface area is 81.5 Å². The zero-order valence-corrected chi connectivity index (χ0v) is 7.78. The molecule has 2 rings (SSSR count). The van der Waals surface area contributed by atoms with Gasteiger partial charge in [0.25, 0.3) is 0 Å². The summed E-state index contributed by atoms with van der Waals surface area (Å²) >= 11 is -2.01. The molecule has 14 heavy (non-hydrogen) atoms. The molecular formula is C9H6O4S. The Bertz CT molecular complexity index is 558. The maximum atomic E-state index is 10.8. The monoisotopic (exact) mass is 210 g/mol. The van der Waals surface area contributed by atoms with Crippen LogP contribution in [0.3, 0.4) is 0 Å². The van der Waals surface area contributed by atoms with Crippen LogP contribution in [-0.4, -0.2) is 8.76 Å². The molecule has 0 saturated heterocycles. The molecule has 72 valence electrons. The summed E-state index contributed by atoms with van der Waals surface area (Å²) in [5, 5.41) is 0.629. The molecule has 5 heteroatoms. The number of hydrogen-bond acceptors (Lipinski definition) is 3. The van der Waals surface area contributed by atoms with Crippen LogP contribution >= 0.6 is 0 Å². The van der Waals surface area contributed by atoms with Crippen molar-refractivity contribution in [1.29, 1.82) is 0 Å². The number of benzene rings is 1. The van der Waals surface area contributed by atoms with Gasteiger partial charge < -0.3 is 8.97 Å². The Hall–Kier alpha value is -1.46. The van der Waals surface area contributed by atoms with Gasteiger partial charge >= 0.3 is 5.63 Å². The highest BCUT2D eigenvalue weighted by atomic mass is 32.2. The summed E-state index contributed by atoms with van der Waals surface area (Å²) in [4.78, 5) is 11.1. The predicted octanol–water partition coefficient (Wildman–Crippen LogP) is 1.37. The quantitative estimate of drug-likeness (QED) is 0.570. The number of hydrogen-bond donors (Lipinski definition) is 1. The summed E-state index contributed by atoms with van der Waals surface area (Å²) in [7, 11) is 0. The second-order valence-electron chi connectivity index (χ2n) is 2.70. The molecule has 0 radical (unpaired) electrons. The lowest BCUT2D eigenvalue weighted by Crippen LogP contribution is -1.95. The third-order valence-electron chi connectivity index (χ3n) is 1.79. The van der Waals surface area contributed by atoms with Crippen molar-refractivity contribution in [3.63, 3.8) is 0 Å². The average molecular weight is 210 g/mol. The van der Waals surface area contributed by atoms with Crippen LogP contribution in [0.25, 0.3) is 11.0 Å². The predicted molar refractivity (Wildman–Crippen MR) is 51.5 cm³/mol. The van der Waals surface area contributed by atoms with Crippen molar-refractivity contribution in [2.24, 2.45) is 0 Å². The van der Waals surface area contributed by atoms with Gasteiger partial charge in [0, 0.05) is 11.5 Å². The van der Waals surface area contributed by atoms with Gasteiger partial charge in [0.15, 0.2) is 11.1 Å². The van der Waals surface area contributed by atoms with Crippen molar-refractivity contribution in [2.45, 2.75) is 4.90 Å². The fourth-order valence-electron chi connectivity index (χ4n) is 1.16. The number of fused-ring (bicyclic) bond motifs is 1. The molecule has 1 N–H and O–H groups in total. The molecule has 4 nitrogen and oxygen atoms in total. The molecule has 0 spiro atoms. The van der Waals surface area contributed by atoms with Gasteiger partial charge in [-0.2, -0.15) is 0 Å². The molecule has 1 heterocycles. The highest BCUT2D eigenvalue weighted by Crippen LogP contribution is 2.15. The van der Waals surface area contributed by atoms with Gasteiger partial charge in [-0.15, -0.1) is 0 Å². The van der Waals surface area contributed by atoms with Gasteiger partial charge in [-0.1, -0.05) is 0 Å². The molecule has 1 aromatic carbocycles. The molecule has 0 bridgehead atoms. The Morgan fingerprint density at radius 2 is 2.00 bits per heavy atom. The van der Waals surface area contributed by atoms with E-state index >= 15 is 0 Å². The normalized spacial score (nSPS) is 12.9. The van der Waals surface area contributed by atoms with E-state index in [2.05, 4.69) is 0 Å². The van der Waals surface area contributed by atoms with Crippen LogP contribution in [0.4, 0.5) is 0 Å². The van der Waals surface area contributed by atoms with Crippen LogP contribution in [0.15, 0.2) is 44.4 Å². The van der Waals surface area contributed by atoms with Crippen LogP contribution < -0.4 is 5.63 Å². The Morgan fingerprint density at radius 3 is 2.71 bits per heavy atom. The van der Waals surface area contributed by atoms with Crippen LogP contribution in [0.5, 0.6) is 0 Å². The maximum absolute atomic E-state index is 10.8. The van der Waals surface area contributed by atoms with Crippen molar-refractivity contribution < 1.29 is 13.2 Å². The second kappa shape index (κ2) is 3.36. The maximum Gasteiger partial charge on any atom is 0.336 e. The van der Waals surface area contributed by atoms with E-state index in [1.165, 1.54) is 24.3 Å². The smallest absolute Gasteiger partial charge is 0.336 e. The van der Waals surface area contributed by atoms with E-state index in [1.807, 2.05) is 0 Å². The van der Waals surface area contributed by atoms with Gasteiger partial charge in [0.2, 0.25) is 0 Å². The van der Waals surface area contributed by atoms with Gasteiger partial charge in [-0.25, -0.2) is 9.00 Å². The summed E-state index contributed by atoms with van der Waals surface area (Å²) in [6, 6.07) is 7.28. The minimum absolute atomic E-state index is 0.284. The number of rotatable bonds is 1. The van der Waals surface area contributed by atoms with E-state index in [9.17, 15) is 9.00 Å².